The number of amidine groups is 1. The molecule has 0 aliphatic carbocycles. The summed E-state index contributed by atoms with van der Waals surface area (Å²) in [7, 11) is -4.05. The first-order valence-corrected chi connectivity index (χ1v) is 12.1. The molecule has 1 saturated heterocycles. The molecule has 3 aromatic carbocycles. The third kappa shape index (κ3) is 5.21. The maximum atomic E-state index is 12.6. The molecule has 0 radical (unpaired) electrons. The first-order valence-electron chi connectivity index (χ1n) is 9.45. The normalized spacial score (nSPS) is 16.4. The molecule has 3 aromatic rings. The number of aliphatic imine (C=N–C) groups is 1. The van der Waals surface area contributed by atoms with E-state index in [9.17, 15) is 13.2 Å². The Morgan fingerprint density at radius 2 is 1.75 bits per heavy atom. The number of rotatable bonds is 5. The van der Waals surface area contributed by atoms with Gasteiger partial charge in [0.15, 0.2) is 5.17 Å². The van der Waals surface area contributed by atoms with E-state index in [2.05, 4.69) is 10.3 Å². The molecule has 6 nitrogen and oxygen atoms in total. The number of hydrogen-bond acceptors (Lipinski definition) is 6. The number of carbonyl (C=O) groups excluding carboxylic acids is 1. The maximum absolute atomic E-state index is 12.6. The van der Waals surface area contributed by atoms with Gasteiger partial charge in [-0.2, -0.15) is 8.42 Å². The van der Waals surface area contributed by atoms with Crippen LogP contribution in [0.5, 0.6) is 5.75 Å². The van der Waals surface area contributed by atoms with Crippen LogP contribution >= 0.6 is 23.4 Å². The van der Waals surface area contributed by atoms with Crippen LogP contribution in [0.2, 0.25) is 5.02 Å². The fraction of sp³-hybridized carbons (Fsp3) is 0.0435. The third-order valence-corrected chi connectivity index (χ3v) is 6.80. The number of aryl methyl sites for hydroxylation is 1. The highest BCUT2D eigenvalue weighted by molar-refractivity contribution is 8.18. The van der Waals surface area contributed by atoms with E-state index >= 15 is 0 Å². The Bertz CT molecular complexity index is 1340. The number of hydrogen-bond donors (Lipinski definition) is 1. The van der Waals surface area contributed by atoms with Gasteiger partial charge in [-0.25, -0.2) is 4.99 Å². The molecule has 0 saturated carbocycles. The van der Waals surface area contributed by atoms with Gasteiger partial charge in [0.05, 0.1) is 10.6 Å². The summed E-state index contributed by atoms with van der Waals surface area (Å²) in [5.41, 5.74) is 2.17. The molecular formula is C23H17ClN2O4S2. The van der Waals surface area contributed by atoms with Gasteiger partial charge in [-0.1, -0.05) is 47.5 Å². The largest absolute Gasteiger partial charge is 0.378 e. The average Bonchev–Trinajstić information content (AvgIpc) is 3.11. The van der Waals surface area contributed by atoms with Crippen LogP contribution in [-0.2, 0) is 14.9 Å². The van der Waals surface area contributed by atoms with Crippen molar-refractivity contribution >= 4 is 56.3 Å². The summed E-state index contributed by atoms with van der Waals surface area (Å²) in [6, 6.07) is 19.9. The van der Waals surface area contributed by atoms with Crippen LogP contribution < -0.4 is 9.50 Å². The highest BCUT2D eigenvalue weighted by atomic mass is 35.5. The Morgan fingerprint density at radius 3 is 2.47 bits per heavy atom. The van der Waals surface area contributed by atoms with Gasteiger partial charge in [0.1, 0.15) is 10.6 Å². The van der Waals surface area contributed by atoms with Crippen molar-refractivity contribution in [2.24, 2.45) is 4.99 Å². The van der Waals surface area contributed by atoms with Crippen molar-refractivity contribution in [2.75, 3.05) is 0 Å². The molecule has 0 atom stereocenters. The molecule has 32 heavy (non-hydrogen) atoms. The van der Waals surface area contributed by atoms with Gasteiger partial charge in [0.2, 0.25) is 0 Å². The molecule has 0 aromatic heterocycles. The van der Waals surface area contributed by atoms with Crippen LogP contribution in [0.1, 0.15) is 11.1 Å². The summed E-state index contributed by atoms with van der Waals surface area (Å²) in [6.07, 6.45) is 1.53. The molecule has 1 aliphatic heterocycles. The van der Waals surface area contributed by atoms with Crippen LogP contribution in [-0.4, -0.2) is 19.5 Å². The van der Waals surface area contributed by atoms with Crippen molar-refractivity contribution in [3.63, 3.8) is 0 Å². The van der Waals surface area contributed by atoms with E-state index in [0.29, 0.717) is 26.3 Å². The quantitative estimate of drug-likeness (QED) is 0.392. The van der Waals surface area contributed by atoms with Crippen molar-refractivity contribution < 1.29 is 17.4 Å². The first kappa shape index (κ1) is 22.1. The second-order valence-corrected chi connectivity index (χ2v) is 9.86. The fourth-order valence-electron chi connectivity index (χ4n) is 2.82. The lowest BCUT2D eigenvalue weighted by Crippen LogP contribution is -2.19. The highest BCUT2D eigenvalue weighted by Crippen LogP contribution is 2.33. The number of nitrogens with zero attached hydrogens (tertiary/aromatic N) is 1. The molecule has 1 amide bonds. The summed E-state index contributed by atoms with van der Waals surface area (Å²) < 4.78 is 30.6. The predicted octanol–water partition coefficient (Wildman–Crippen LogP) is 5.31. The number of nitrogens with one attached hydrogen (secondary N) is 1. The molecule has 1 fully saturated rings. The summed E-state index contributed by atoms with van der Waals surface area (Å²) in [5, 5.41) is 3.51. The lowest BCUT2D eigenvalue weighted by molar-refractivity contribution is -0.115. The molecule has 4 rings (SSSR count). The van der Waals surface area contributed by atoms with Gasteiger partial charge in [-0.15, -0.1) is 0 Å². The lowest BCUT2D eigenvalue weighted by Gasteiger charge is -2.10. The Kier molecular flexibility index (Phi) is 6.36. The zero-order valence-corrected chi connectivity index (χ0v) is 19.2. The second kappa shape index (κ2) is 9.20. The minimum Gasteiger partial charge on any atom is -0.378 e. The summed E-state index contributed by atoms with van der Waals surface area (Å²) in [4.78, 5) is 17.3. The predicted molar refractivity (Wildman–Crippen MR) is 128 cm³/mol. The molecule has 0 bridgehead atoms. The summed E-state index contributed by atoms with van der Waals surface area (Å²) in [5.74, 6) is -0.291. The standard InChI is InChI=1S/C23H17ClN2O4S2/c1-15-7-10-18(11-8-15)25-23-26-22(27)21(31-23)14-16-13-17(24)9-12-20(16)30-32(28,29)19-5-3-2-4-6-19/h2-14H,1H3,(H,25,26,27)/b21-14-. The topological polar surface area (TPSA) is 84.8 Å². The Hall–Kier alpha value is -3.07. The van der Waals surface area contributed by atoms with E-state index in [4.69, 9.17) is 15.8 Å². The summed E-state index contributed by atoms with van der Waals surface area (Å²) in [6.45, 7) is 1.98. The van der Waals surface area contributed by atoms with E-state index in [1.54, 1.807) is 18.2 Å². The molecule has 1 aliphatic rings. The van der Waals surface area contributed by atoms with Gasteiger partial charge in [-0.05, 0) is 67.2 Å². The van der Waals surface area contributed by atoms with E-state index in [-0.39, 0.29) is 16.6 Å². The van der Waals surface area contributed by atoms with E-state index in [0.717, 1.165) is 17.3 Å². The molecule has 1 N–H and O–H groups in total. The van der Waals surface area contributed by atoms with Crippen molar-refractivity contribution in [1.29, 1.82) is 0 Å². The number of amides is 1. The van der Waals surface area contributed by atoms with E-state index in [1.807, 2.05) is 31.2 Å². The fourth-order valence-corrected chi connectivity index (χ4v) is 4.81. The monoisotopic (exact) mass is 484 g/mol. The summed E-state index contributed by atoms with van der Waals surface area (Å²) >= 11 is 7.25. The van der Waals surface area contributed by atoms with Gasteiger partial charge < -0.3 is 9.50 Å². The van der Waals surface area contributed by atoms with Gasteiger partial charge >= 0.3 is 10.1 Å². The Balaban J connectivity index is 1.63. The van der Waals surface area contributed by atoms with Crippen LogP contribution in [0.15, 0.2) is 87.6 Å². The van der Waals surface area contributed by atoms with Crippen molar-refractivity contribution in [3.8, 4) is 5.75 Å². The second-order valence-electron chi connectivity index (χ2n) is 6.85. The Labute approximate surface area is 195 Å². The SMILES string of the molecule is Cc1ccc(N=C2NC(=O)/C(=C/c3cc(Cl)ccc3OS(=O)(=O)c3ccccc3)S2)cc1. The van der Waals surface area contributed by atoms with E-state index in [1.165, 1.54) is 36.4 Å². The number of carbonyl (C=O) groups is 1. The number of benzene rings is 3. The van der Waals surface area contributed by atoms with Crippen LogP contribution in [0, 0.1) is 6.92 Å². The van der Waals surface area contributed by atoms with Crippen molar-refractivity contribution in [3.05, 3.63) is 93.9 Å². The highest BCUT2D eigenvalue weighted by Gasteiger charge is 2.25. The minimum atomic E-state index is -4.05. The van der Waals surface area contributed by atoms with Gasteiger partial charge in [-0.3, -0.25) is 4.79 Å². The van der Waals surface area contributed by atoms with Crippen LogP contribution in [0.25, 0.3) is 6.08 Å². The number of thioether (sulfide) groups is 1. The maximum Gasteiger partial charge on any atom is 0.339 e. The molecule has 0 unspecified atom stereocenters. The van der Waals surface area contributed by atoms with E-state index < -0.39 is 10.1 Å². The number of halogens is 1. The lowest BCUT2D eigenvalue weighted by atomic mass is 10.2. The first-order chi connectivity index (χ1) is 15.3. The third-order valence-electron chi connectivity index (χ3n) is 4.41. The smallest absolute Gasteiger partial charge is 0.339 e. The Morgan fingerprint density at radius 1 is 1.03 bits per heavy atom. The average molecular weight is 485 g/mol. The zero-order chi connectivity index (χ0) is 22.7. The van der Waals surface area contributed by atoms with Crippen LogP contribution in [0.3, 0.4) is 0 Å². The van der Waals surface area contributed by atoms with Crippen LogP contribution in [0.4, 0.5) is 5.69 Å². The zero-order valence-electron chi connectivity index (χ0n) is 16.8. The molecule has 1 heterocycles. The molecule has 0 spiro atoms. The van der Waals surface area contributed by atoms with Gasteiger partial charge in [0, 0.05) is 10.6 Å². The van der Waals surface area contributed by atoms with Crippen molar-refractivity contribution in [1.82, 2.24) is 5.32 Å². The molecule has 9 heteroatoms. The minimum absolute atomic E-state index is 0.0223. The molecular weight excluding hydrogens is 468 g/mol. The van der Waals surface area contributed by atoms with Crippen molar-refractivity contribution in [2.45, 2.75) is 11.8 Å². The van der Waals surface area contributed by atoms with Gasteiger partial charge in [0.25, 0.3) is 5.91 Å². The molecule has 162 valence electrons.